The van der Waals surface area contributed by atoms with Crippen molar-refractivity contribution in [3.63, 3.8) is 0 Å². The second kappa shape index (κ2) is 4.09. The largest absolute Gasteiger partial charge is 0.383 e. The van der Waals surface area contributed by atoms with Gasteiger partial charge >= 0.3 is 0 Å². The zero-order valence-electron chi connectivity index (χ0n) is 9.27. The lowest BCUT2D eigenvalue weighted by Crippen LogP contribution is -2.36. The lowest BCUT2D eigenvalue weighted by molar-refractivity contribution is 0.569. The fourth-order valence-corrected chi connectivity index (χ4v) is 4.37. The van der Waals surface area contributed by atoms with Gasteiger partial charge in [-0.15, -0.1) is 0 Å². The molecule has 17 heavy (non-hydrogen) atoms. The third-order valence-electron chi connectivity index (χ3n) is 2.63. The van der Waals surface area contributed by atoms with E-state index in [2.05, 4.69) is 31.2 Å². The Morgan fingerprint density at radius 1 is 1.53 bits per heavy atom. The smallest absolute Gasteiger partial charge is 0.226 e. The van der Waals surface area contributed by atoms with Crippen molar-refractivity contribution in [2.45, 2.75) is 18.9 Å². The highest BCUT2D eigenvalue weighted by Gasteiger charge is 2.38. The Bertz CT molecular complexity index is 528. The molecule has 8 heteroatoms. The van der Waals surface area contributed by atoms with Gasteiger partial charge in [0, 0.05) is 6.07 Å². The Labute approximate surface area is 108 Å². The van der Waals surface area contributed by atoms with Gasteiger partial charge in [0.2, 0.25) is 5.95 Å². The number of hydrogen-bond donors (Lipinski definition) is 2. The number of hydrogen-bond acceptors (Lipinski definition) is 6. The number of nitrogens with one attached hydrogen (secondary N) is 1. The van der Waals surface area contributed by atoms with Crippen molar-refractivity contribution in [1.82, 2.24) is 9.97 Å². The van der Waals surface area contributed by atoms with Crippen LogP contribution in [0.2, 0.25) is 0 Å². The van der Waals surface area contributed by atoms with Gasteiger partial charge < -0.3 is 11.1 Å². The molecule has 94 valence electrons. The lowest BCUT2D eigenvalue weighted by Gasteiger charge is -2.23. The van der Waals surface area contributed by atoms with Gasteiger partial charge in [-0.05, 0) is 29.3 Å². The first kappa shape index (κ1) is 12.6. The number of nitrogens with two attached hydrogens (primary N) is 1. The average molecular weight is 321 g/mol. The molecular weight excluding hydrogens is 308 g/mol. The number of nitrogens with zero attached hydrogens (tertiary/aromatic N) is 2. The quantitative estimate of drug-likeness (QED) is 0.782. The highest BCUT2D eigenvalue weighted by Crippen LogP contribution is 2.26. The van der Waals surface area contributed by atoms with Crippen LogP contribution in [-0.2, 0) is 9.84 Å². The molecule has 1 aliphatic heterocycles. The fourth-order valence-electron chi connectivity index (χ4n) is 1.87. The number of anilines is 2. The van der Waals surface area contributed by atoms with Crippen molar-refractivity contribution in [2.24, 2.45) is 0 Å². The van der Waals surface area contributed by atoms with Crippen molar-refractivity contribution in [2.75, 3.05) is 22.6 Å². The summed E-state index contributed by atoms with van der Waals surface area (Å²) in [5.74, 6) is 0.964. The van der Waals surface area contributed by atoms with Crippen LogP contribution < -0.4 is 11.1 Å². The van der Waals surface area contributed by atoms with Crippen LogP contribution in [0.3, 0.4) is 0 Å². The summed E-state index contributed by atoms with van der Waals surface area (Å²) >= 11 is 3.21. The van der Waals surface area contributed by atoms with Gasteiger partial charge in [0.25, 0.3) is 0 Å². The van der Waals surface area contributed by atoms with E-state index >= 15 is 0 Å². The molecule has 0 aromatic carbocycles. The van der Waals surface area contributed by atoms with Gasteiger partial charge in [-0.25, -0.2) is 13.4 Å². The first-order valence-electron chi connectivity index (χ1n) is 5.07. The molecule has 0 amide bonds. The highest BCUT2D eigenvalue weighted by molar-refractivity contribution is 9.10. The molecule has 0 radical (unpaired) electrons. The zero-order chi connectivity index (χ0) is 12.7. The normalized spacial score (nSPS) is 26.9. The maximum Gasteiger partial charge on any atom is 0.226 e. The Hall–Kier alpha value is -0.890. The van der Waals surface area contributed by atoms with Gasteiger partial charge in [-0.1, -0.05) is 0 Å². The summed E-state index contributed by atoms with van der Waals surface area (Å²) in [5.41, 5.74) is 5.07. The summed E-state index contributed by atoms with van der Waals surface area (Å²) in [6.45, 7) is 1.85. The van der Waals surface area contributed by atoms with Crippen LogP contribution >= 0.6 is 15.9 Å². The molecule has 0 saturated carbocycles. The molecule has 1 saturated heterocycles. The molecule has 1 aromatic rings. The van der Waals surface area contributed by atoms with Crippen LogP contribution in [0.15, 0.2) is 10.7 Å². The summed E-state index contributed by atoms with van der Waals surface area (Å²) in [5, 5.41) is 3.04. The van der Waals surface area contributed by atoms with Crippen LogP contribution in [0.25, 0.3) is 0 Å². The van der Waals surface area contributed by atoms with Crippen molar-refractivity contribution in [3.8, 4) is 0 Å². The van der Waals surface area contributed by atoms with Crippen LogP contribution in [0.4, 0.5) is 11.8 Å². The van der Waals surface area contributed by atoms with Crippen molar-refractivity contribution in [3.05, 3.63) is 10.7 Å². The molecular formula is C9H13BrN4O2S. The third kappa shape index (κ3) is 3.06. The molecule has 2 heterocycles. The predicted octanol–water partition coefficient (Wildman–Crippen LogP) is 0.810. The second-order valence-electron chi connectivity index (χ2n) is 4.47. The summed E-state index contributed by atoms with van der Waals surface area (Å²) in [6.07, 6.45) is 0.547. The van der Waals surface area contributed by atoms with E-state index < -0.39 is 15.4 Å². The minimum Gasteiger partial charge on any atom is -0.383 e. The molecule has 1 fully saturated rings. The van der Waals surface area contributed by atoms with Gasteiger partial charge in [-0.3, -0.25) is 0 Å². The molecule has 0 bridgehead atoms. The highest BCUT2D eigenvalue weighted by atomic mass is 79.9. The summed E-state index contributed by atoms with van der Waals surface area (Å²) < 4.78 is 23.5. The van der Waals surface area contributed by atoms with Gasteiger partial charge in [0.05, 0.1) is 17.0 Å². The van der Waals surface area contributed by atoms with E-state index in [1.807, 2.05) is 6.92 Å². The third-order valence-corrected chi connectivity index (χ3v) is 4.94. The Kier molecular flexibility index (Phi) is 3.03. The Balaban J connectivity index is 2.21. The number of sulfone groups is 1. The lowest BCUT2D eigenvalue weighted by atomic mass is 10.0. The summed E-state index contributed by atoms with van der Waals surface area (Å²) in [4.78, 5) is 8.13. The number of rotatable bonds is 2. The average Bonchev–Trinajstić information content (AvgIpc) is 2.37. The first-order valence-corrected chi connectivity index (χ1v) is 7.68. The van der Waals surface area contributed by atoms with E-state index in [1.54, 1.807) is 6.07 Å². The van der Waals surface area contributed by atoms with E-state index in [1.165, 1.54) is 0 Å². The second-order valence-corrected chi connectivity index (χ2v) is 7.46. The summed E-state index contributed by atoms with van der Waals surface area (Å²) in [7, 11) is -2.96. The monoisotopic (exact) mass is 320 g/mol. The maximum atomic E-state index is 11.5. The predicted molar refractivity (Wildman–Crippen MR) is 69.4 cm³/mol. The van der Waals surface area contributed by atoms with Gasteiger partial charge in [-0.2, -0.15) is 4.98 Å². The Morgan fingerprint density at radius 3 is 2.76 bits per heavy atom. The fraction of sp³-hybridized carbons (Fsp3) is 0.556. The zero-order valence-corrected chi connectivity index (χ0v) is 11.7. The molecule has 0 spiro atoms. The van der Waals surface area contributed by atoms with Gasteiger partial charge in [0.1, 0.15) is 10.4 Å². The molecule has 0 aliphatic carbocycles. The number of nitrogen functional groups attached to an aromatic ring is 1. The molecule has 1 unspecified atom stereocenters. The van der Waals surface area contributed by atoms with Crippen LogP contribution in [0.1, 0.15) is 13.3 Å². The minimum atomic E-state index is -2.96. The van der Waals surface area contributed by atoms with E-state index in [0.29, 0.717) is 22.8 Å². The Morgan fingerprint density at radius 2 is 2.24 bits per heavy atom. The SMILES string of the molecule is CC1(Nc2nc(N)cc(Br)n2)CCS(=O)(=O)C1. The van der Waals surface area contributed by atoms with E-state index in [4.69, 9.17) is 5.73 Å². The van der Waals surface area contributed by atoms with Crippen molar-refractivity contribution >= 4 is 37.5 Å². The number of aromatic nitrogens is 2. The molecule has 6 nitrogen and oxygen atoms in total. The molecule has 1 aliphatic rings. The van der Waals surface area contributed by atoms with Crippen LogP contribution in [-0.4, -0.2) is 35.4 Å². The van der Waals surface area contributed by atoms with Crippen molar-refractivity contribution < 1.29 is 8.42 Å². The van der Waals surface area contributed by atoms with E-state index in [-0.39, 0.29) is 11.5 Å². The van der Waals surface area contributed by atoms with Crippen molar-refractivity contribution in [1.29, 1.82) is 0 Å². The molecule has 1 atom stereocenters. The summed E-state index contributed by atoms with van der Waals surface area (Å²) in [6, 6.07) is 1.58. The van der Waals surface area contributed by atoms with Crippen LogP contribution in [0.5, 0.6) is 0 Å². The maximum absolute atomic E-state index is 11.5. The molecule has 2 rings (SSSR count). The van der Waals surface area contributed by atoms with E-state index in [9.17, 15) is 8.42 Å². The molecule has 3 N–H and O–H groups in total. The molecule has 1 aromatic heterocycles. The standard InChI is InChI=1S/C9H13BrN4O2S/c1-9(2-3-17(15,16)5-9)14-8-12-6(10)4-7(11)13-8/h4H,2-3,5H2,1H3,(H3,11,12,13,14). The van der Waals surface area contributed by atoms with Crippen LogP contribution in [0, 0.1) is 0 Å². The topological polar surface area (TPSA) is 98.0 Å². The van der Waals surface area contributed by atoms with Gasteiger partial charge in [0.15, 0.2) is 9.84 Å². The minimum absolute atomic E-state index is 0.0930. The number of halogens is 1. The first-order chi connectivity index (χ1) is 7.78. The van der Waals surface area contributed by atoms with E-state index in [0.717, 1.165) is 0 Å².